The molecule has 0 aliphatic heterocycles. The lowest BCUT2D eigenvalue weighted by molar-refractivity contribution is 0.527. The van der Waals surface area contributed by atoms with Crippen molar-refractivity contribution in [1.82, 2.24) is 0 Å². The minimum Gasteiger partial charge on any atom is -0.331 e. The van der Waals surface area contributed by atoms with Gasteiger partial charge in [0.2, 0.25) is 0 Å². The molecule has 44 heavy (non-hydrogen) atoms. The smallest absolute Gasteiger partial charge is 0.154 e. The van der Waals surface area contributed by atoms with Gasteiger partial charge in [0, 0.05) is 11.1 Å². The first-order valence-corrected chi connectivity index (χ1v) is 14.8. The molecule has 6 aromatic rings. The van der Waals surface area contributed by atoms with Crippen LogP contribution in [-0.2, 0) is 5.41 Å². The molecule has 0 N–H and O–H groups in total. The van der Waals surface area contributed by atoms with Crippen LogP contribution in [0.3, 0.4) is 0 Å². The van der Waals surface area contributed by atoms with Gasteiger partial charge in [-0.15, -0.1) is 0 Å². The van der Waals surface area contributed by atoms with Crippen LogP contribution in [0.15, 0.2) is 133 Å². The highest BCUT2D eigenvalue weighted by Crippen LogP contribution is 2.64. The van der Waals surface area contributed by atoms with Crippen molar-refractivity contribution in [2.24, 2.45) is 0 Å². The fourth-order valence-corrected chi connectivity index (χ4v) is 7.53. The SMILES string of the molecule is [2H]c1c([2H])c([2H])c(N(c2cccc(-c3cccc4c3-c3ccccc3C43c4ccccc4-c4ccccc43)c2F)C(C)(C)C)c(F)c1[2H]. The zero-order valence-corrected chi connectivity index (χ0v) is 24.6. The van der Waals surface area contributed by atoms with Crippen molar-refractivity contribution in [1.29, 1.82) is 0 Å². The summed E-state index contributed by atoms with van der Waals surface area (Å²) in [6.45, 7) is 5.28. The van der Waals surface area contributed by atoms with Gasteiger partial charge in [0.15, 0.2) is 5.82 Å². The average molecular weight is 580 g/mol. The van der Waals surface area contributed by atoms with Crippen LogP contribution in [0.2, 0.25) is 0 Å². The maximum Gasteiger partial charge on any atom is 0.154 e. The van der Waals surface area contributed by atoms with Crippen molar-refractivity contribution in [2.45, 2.75) is 31.7 Å². The van der Waals surface area contributed by atoms with Crippen LogP contribution < -0.4 is 4.90 Å². The van der Waals surface area contributed by atoms with E-state index in [4.69, 9.17) is 5.48 Å². The lowest BCUT2D eigenvalue weighted by Crippen LogP contribution is -2.38. The van der Waals surface area contributed by atoms with Gasteiger partial charge in [0.05, 0.1) is 22.3 Å². The van der Waals surface area contributed by atoms with Gasteiger partial charge in [-0.2, -0.15) is 0 Å². The summed E-state index contributed by atoms with van der Waals surface area (Å²) in [6.07, 6.45) is 0. The number of fused-ring (bicyclic) bond motifs is 10. The van der Waals surface area contributed by atoms with Crippen LogP contribution >= 0.6 is 0 Å². The van der Waals surface area contributed by atoms with Crippen LogP contribution in [0, 0.1) is 11.6 Å². The van der Waals surface area contributed by atoms with E-state index in [0.717, 1.165) is 22.3 Å². The number of hydrogen-bond acceptors (Lipinski definition) is 1. The van der Waals surface area contributed by atoms with Crippen molar-refractivity contribution >= 4 is 11.4 Å². The first kappa shape index (κ1) is 22.5. The third kappa shape index (κ3) is 3.50. The Kier molecular flexibility index (Phi) is 4.85. The molecule has 0 amide bonds. The maximum atomic E-state index is 17.3. The van der Waals surface area contributed by atoms with Gasteiger partial charge in [0.25, 0.3) is 0 Å². The fraction of sp³-hybridized carbons (Fsp3) is 0.122. The highest BCUT2D eigenvalue weighted by molar-refractivity contribution is 6.00. The van der Waals surface area contributed by atoms with Gasteiger partial charge >= 0.3 is 0 Å². The molecule has 6 aromatic carbocycles. The van der Waals surface area contributed by atoms with Gasteiger partial charge in [-0.1, -0.05) is 115 Å². The molecule has 0 atom stereocenters. The molecule has 0 radical (unpaired) electrons. The van der Waals surface area contributed by atoms with Crippen molar-refractivity contribution in [2.75, 3.05) is 4.90 Å². The number of nitrogens with zero attached hydrogens (tertiary/aromatic N) is 1. The molecule has 214 valence electrons. The van der Waals surface area contributed by atoms with Crippen LogP contribution in [0.4, 0.5) is 20.2 Å². The number of halogens is 2. The van der Waals surface area contributed by atoms with Crippen molar-refractivity contribution < 1.29 is 14.3 Å². The number of rotatable bonds is 3. The molecule has 0 saturated heterocycles. The number of para-hydroxylation sites is 1. The molecule has 0 heterocycles. The first-order chi connectivity index (χ1) is 23.0. The molecule has 0 saturated carbocycles. The third-order valence-corrected chi connectivity index (χ3v) is 9.05. The van der Waals surface area contributed by atoms with E-state index in [1.165, 1.54) is 33.2 Å². The van der Waals surface area contributed by atoms with Crippen molar-refractivity contribution in [3.8, 4) is 33.4 Å². The van der Waals surface area contributed by atoms with E-state index in [2.05, 4.69) is 66.7 Å². The second kappa shape index (κ2) is 9.49. The van der Waals surface area contributed by atoms with Crippen molar-refractivity contribution in [3.63, 3.8) is 0 Å². The van der Waals surface area contributed by atoms with E-state index in [1.807, 2.05) is 24.3 Å². The molecule has 0 aromatic heterocycles. The van der Waals surface area contributed by atoms with E-state index in [-0.39, 0.29) is 5.69 Å². The maximum absolute atomic E-state index is 17.3. The number of hydrogen-bond donors (Lipinski definition) is 0. The number of benzene rings is 6. The lowest BCUT2D eigenvalue weighted by atomic mass is 9.70. The monoisotopic (exact) mass is 579 g/mol. The third-order valence-electron chi connectivity index (χ3n) is 9.05. The molecule has 3 heteroatoms. The molecular weight excluding hydrogens is 544 g/mol. The Bertz CT molecular complexity index is 2250. The van der Waals surface area contributed by atoms with Crippen LogP contribution in [-0.4, -0.2) is 5.54 Å². The van der Waals surface area contributed by atoms with Crippen LogP contribution in [0.25, 0.3) is 33.4 Å². The van der Waals surface area contributed by atoms with Crippen LogP contribution in [0.5, 0.6) is 0 Å². The highest BCUT2D eigenvalue weighted by Gasteiger charge is 2.52. The second-order valence-electron chi connectivity index (χ2n) is 12.4. The molecule has 2 aliphatic rings. The van der Waals surface area contributed by atoms with Gasteiger partial charge in [-0.25, -0.2) is 8.78 Å². The minimum absolute atomic E-state index is 0.0130. The molecule has 0 fully saturated rings. The first-order valence-electron chi connectivity index (χ1n) is 16.8. The summed E-state index contributed by atoms with van der Waals surface area (Å²) in [6, 6.07) is 33.6. The summed E-state index contributed by atoms with van der Waals surface area (Å²) < 4.78 is 66.1. The Balaban J connectivity index is 1.41. The zero-order valence-electron chi connectivity index (χ0n) is 28.6. The summed E-state index contributed by atoms with van der Waals surface area (Å²) in [4.78, 5) is 1.35. The Hall–Kier alpha value is -5.02. The zero-order chi connectivity index (χ0) is 33.7. The van der Waals surface area contributed by atoms with E-state index in [1.54, 1.807) is 32.9 Å². The van der Waals surface area contributed by atoms with E-state index >= 15 is 8.78 Å². The van der Waals surface area contributed by atoms with Gasteiger partial charge in [-0.05, 0) is 89.0 Å². The molecule has 0 unspecified atom stereocenters. The summed E-state index contributed by atoms with van der Waals surface area (Å²) in [5, 5.41) is 0. The standard InChI is InChI=1S/C41H31F2N/c1-40(2,3)44(36-24-11-10-23-35(36)42)37-25-13-18-29(39(37)43)28-17-12-22-34-38(28)30-16-6-9-21-33(30)41(34)31-19-7-4-14-26(31)27-15-5-8-20-32(27)41/h4-25H,1-3H3/i10D,11D,23D,24D. The molecule has 1 nitrogen and oxygen atoms in total. The van der Waals surface area contributed by atoms with Gasteiger partial charge < -0.3 is 4.90 Å². The Labute approximate surface area is 262 Å². The highest BCUT2D eigenvalue weighted by atomic mass is 19.1. The van der Waals surface area contributed by atoms with E-state index in [9.17, 15) is 0 Å². The Morgan fingerprint density at radius 2 is 1.05 bits per heavy atom. The largest absolute Gasteiger partial charge is 0.331 e. The van der Waals surface area contributed by atoms with Gasteiger partial charge in [0.1, 0.15) is 5.82 Å². The predicted molar refractivity (Wildman–Crippen MR) is 176 cm³/mol. The molecule has 1 spiro atoms. The second-order valence-corrected chi connectivity index (χ2v) is 12.4. The summed E-state index contributed by atoms with van der Waals surface area (Å²) in [5.74, 6) is -1.74. The lowest BCUT2D eigenvalue weighted by Gasteiger charge is -2.38. The topological polar surface area (TPSA) is 3.24 Å². The Morgan fingerprint density at radius 3 is 1.70 bits per heavy atom. The van der Waals surface area contributed by atoms with E-state index in [0.29, 0.717) is 11.1 Å². The molecule has 8 rings (SSSR count). The molecule has 0 bridgehead atoms. The minimum atomic E-state index is -1.13. The summed E-state index contributed by atoms with van der Waals surface area (Å²) in [5.41, 5.74) is 7.85. The predicted octanol–water partition coefficient (Wildman–Crippen LogP) is 10.9. The van der Waals surface area contributed by atoms with Crippen LogP contribution in [0.1, 0.15) is 48.5 Å². The normalized spacial score (nSPS) is 15.0. The summed E-state index contributed by atoms with van der Waals surface area (Å²) in [7, 11) is 0. The van der Waals surface area contributed by atoms with E-state index < -0.39 is 52.4 Å². The average Bonchev–Trinajstić information content (AvgIpc) is 3.56. The van der Waals surface area contributed by atoms with Crippen molar-refractivity contribution in [3.05, 3.63) is 167 Å². The van der Waals surface area contributed by atoms with Gasteiger partial charge in [-0.3, -0.25) is 0 Å². The Morgan fingerprint density at radius 1 is 0.545 bits per heavy atom. The number of anilines is 2. The quantitative estimate of drug-likeness (QED) is 0.201. The summed E-state index contributed by atoms with van der Waals surface area (Å²) >= 11 is 0. The fourth-order valence-electron chi connectivity index (χ4n) is 7.53. The molecular formula is C41H31F2N. The molecule has 2 aliphatic carbocycles.